The van der Waals surface area contributed by atoms with E-state index >= 15 is 0 Å². The number of benzene rings is 2. The summed E-state index contributed by atoms with van der Waals surface area (Å²) >= 11 is 1.73. The van der Waals surface area contributed by atoms with Crippen LogP contribution < -0.4 is 0 Å². The minimum Gasteiger partial charge on any atom is -0.241 e. The van der Waals surface area contributed by atoms with Crippen molar-refractivity contribution in [1.82, 2.24) is 4.98 Å². The van der Waals surface area contributed by atoms with Gasteiger partial charge in [-0.2, -0.15) is 5.26 Å². The maximum Gasteiger partial charge on any atom is 0.0991 e. The Labute approximate surface area is 141 Å². The molecule has 0 amide bonds. The lowest BCUT2D eigenvalue weighted by Crippen LogP contribution is -1.92. The molecule has 2 aromatic carbocycles. The van der Waals surface area contributed by atoms with E-state index in [2.05, 4.69) is 45.0 Å². The summed E-state index contributed by atoms with van der Waals surface area (Å²) < 4.78 is 0. The summed E-state index contributed by atoms with van der Waals surface area (Å²) in [6.45, 7) is 6.39. The van der Waals surface area contributed by atoms with Crippen LogP contribution in [0.2, 0.25) is 0 Å². The minimum atomic E-state index is 0.699. The Bertz CT molecular complexity index is 906. The molecule has 3 heteroatoms. The Balaban J connectivity index is 1.87. The zero-order chi connectivity index (χ0) is 16.4. The van der Waals surface area contributed by atoms with Gasteiger partial charge in [-0.15, -0.1) is 11.8 Å². The van der Waals surface area contributed by atoms with Gasteiger partial charge in [0.2, 0.25) is 0 Å². The zero-order valence-electron chi connectivity index (χ0n) is 13.6. The van der Waals surface area contributed by atoms with Crippen LogP contribution in [-0.4, -0.2) is 4.98 Å². The molecule has 1 aromatic heterocycles. The van der Waals surface area contributed by atoms with Crippen LogP contribution in [0.4, 0.5) is 0 Å². The average molecular weight is 318 g/mol. The third kappa shape index (κ3) is 3.38. The summed E-state index contributed by atoms with van der Waals surface area (Å²) in [4.78, 5) is 4.84. The lowest BCUT2D eigenvalue weighted by atomic mass is 10.0. The molecule has 0 radical (unpaired) electrons. The predicted molar refractivity (Wildman–Crippen MR) is 96.7 cm³/mol. The van der Waals surface area contributed by atoms with Gasteiger partial charge in [-0.3, -0.25) is 0 Å². The molecule has 2 nitrogen and oxygen atoms in total. The fourth-order valence-corrected chi connectivity index (χ4v) is 3.64. The minimum absolute atomic E-state index is 0.699. The summed E-state index contributed by atoms with van der Waals surface area (Å²) in [5.41, 5.74) is 6.77. The number of nitrogens with zero attached hydrogens (tertiary/aromatic N) is 2. The first-order valence-corrected chi connectivity index (χ1v) is 8.56. The normalized spacial score (nSPS) is 10.7. The molecule has 0 bridgehead atoms. The molecule has 0 aliphatic heterocycles. The van der Waals surface area contributed by atoms with Crippen LogP contribution in [0.15, 0.2) is 47.5 Å². The first-order valence-electron chi connectivity index (χ1n) is 7.57. The molecule has 0 spiro atoms. The topological polar surface area (TPSA) is 36.7 Å². The van der Waals surface area contributed by atoms with Crippen LogP contribution in [0, 0.1) is 32.1 Å². The number of rotatable bonds is 3. The Morgan fingerprint density at radius 3 is 2.43 bits per heavy atom. The van der Waals surface area contributed by atoms with E-state index in [1.807, 2.05) is 24.3 Å². The summed E-state index contributed by atoms with van der Waals surface area (Å²) in [5.74, 6) is 0.856. The Hall–Kier alpha value is -2.31. The second-order valence-corrected chi connectivity index (χ2v) is 6.85. The van der Waals surface area contributed by atoms with E-state index in [0.29, 0.717) is 5.56 Å². The first-order chi connectivity index (χ1) is 11.1. The van der Waals surface area contributed by atoms with Gasteiger partial charge < -0.3 is 0 Å². The molecular weight excluding hydrogens is 300 g/mol. The van der Waals surface area contributed by atoms with Crippen molar-refractivity contribution in [3.63, 3.8) is 0 Å². The molecule has 0 unspecified atom stereocenters. The fraction of sp³-hybridized carbons (Fsp3) is 0.200. The maximum atomic E-state index is 8.85. The standard InChI is InChI=1S/C20H18N2S/c1-13-8-15(3)20-18(9-13)14(2)10-19(22-20)23-12-17-6-4-16(11-21)5-7-17/h4-10H,12H2,1-3H3. The first kappa shape index (κ1) is 15.6. The number of fused-ring (bicyclic) bond motifs is 1. The number of hydrogen-bond donors (Lipinski definition) is 0. The highest BCUT2D eigenvalue weighted by atomic mass is 32.2. The molecule has 114 valence electrons. The van der Waals surface area contributed by atoms with Crippen molar-refractivity contribution >= 4 is 22.7 Å². The second-order valence-electron chi connectivity index (χ2n) is 5.85. The van der Waals surface area contributed by atoms with Crippen LogP contribution in [0.3, 0.4) is 0 Å². The van der Waals surface area contributed by atoms with Crippen molar-refractivity contribution in [2.24, 2.45) is 0 Å². The molecule has 3 rings (SSSR count). The van der Waals surface area contributed by atoms with Gasteiger partial charge in [-0.1, -0.05) is 23.8 Å². The highest BCUT2D eigenvalue weighted by Crippen LogP contribution is 2.28. The van der Waals surface area contributed by atoms with Gasteiger partial charge >= 0.3 is 0 Å². The summed E-state index contributed by atoms with van der Waals surface area (Å²) in [6, 6.07) is 16.4. The van der Waals surface area contributed by atoms with E-state index in [4.69, 9.17) is 10.2 Å². The summed E-state index contributed by atoms with van der Waals surface area (Å²) in [5, 5.41) is 11.1. The summed E-state index contributed by atoms with van der Waals surface area (Å²) in [6.07, 6.45) is 0. The van der Waals surface area contributed by atoms with Crippen molar-refractivity contribution in [2.75, 3.05) is 0 Å². The van der Waals surface area contributed by atoms with Crippen molar-refractivity contribution < 1.29 is 0 Å². The molecule has 0 atom stereocenters. The van der Waals surface area contributed by atoms with Gasteiger partial charge in [-0.05, 0) is 61.7 Å². The van der Waals surface area contributed by atoms with Gasteiger partial charge in [-0.25, -0.2) is 4.98 Å². The Morgan fingerprint density at radius 2 is 1.74 bits per heavy atom. The van der Waals surface area contributed by atoms with Crippen molar-refractivity contribution in [1.29, 1.82) is 5.26 Å². The van der Waals surface area contributed by atoms with Gasteiger partial charge in [0.05, 0.1) is 22.2 Å². The van der Waals surface area contributed by atoms with Crippen molar-refractivity contribution in [3.05, 3.63) is 70.3 Å². The van der Waals surface area contributed by atoms with Crippen molar-refractivity contribution in [3.8, 4) is 6.07 Å². The van der Waals surface area contributed by atoms with Crippen molar-refractivity contribution in [2.45, 2.75) is 31.6 Å². The van der Waals surface area contributed by atoms with E-state index in [0.717, 1.165) is 16.3 Å². The highest BCUT2D eigenvalue weighted by Gasteiger charge is 2.07. The van der Waals surface area contributed by atoms with E-state index < -0.39 is 0 Å². The van der Waals surface area contributed by atoms with Gasteiger partial charge in [0.1, 0.15) is 0 Å². The maximum absolute atomic E-state index is 8.85. The number of thioether (sulfide) groups is 1. The fourth-order valence-electron chi connectivity index (χ4n) is 2.72. The van der Waals surface area contributed by atoms with Crippen LogP contribution in [0.1, 0.15) is 27.8 Å². The molecule has 0 aliphatic carbocycles. The van der Waals surface area contributed by atoms with E-state index in [-0.39, 0.29) is 0 Å². The van der Waals surface area contributed by atoms with Gasteiger partial charge in [0.25, 0.3) is 0 Å². The molecule has 0 saturated carbocycles. The Morgan fingerprint density at radius 1 is 1.00 bits per heavy atom. The monoisotopic (exact) mass is 318 g/mol. The number of nitriles is 1. The average Bonchev–Trinajstić information content (AvgIpc) is 2.54. The second kappa shape index (κ2) is 6.44. The lowest BCUT2D eigenvalue weighted by molar-refractivity contribution is 1.15. The number of hydrogen-bond acceptors (Lipinski definition) is 3. The smallest absolute Gasteiger partial charge is 0.0991 e. The largest absolute Gasteiger partial charge is 0.241 e. The van der Waals surface area contributed by atoms with Crippen LogP contribution >= 0.6 is 11.8 Å². The molecule has 0 fully saturated rings. The van der Waals surface area contributed by atoms with Gasteiger partial charge in [0.15, 0.2) is 0 Å². The van der Waals surface area contributed by atoms with E-state index in [1.165, 1.54) is 27.6 Å². The predicted octanol–water partition coefficient (Wildman–Crippen LogP) is 5.32. The molecule has 3 aromatic rings. The van der Waals surface area contributed by atoms with E-state index in [1.54, 1.807) is 11.8 Å². The Kier molecular flexibility index (Phi) is 4.36. The number of pyridine rings is 1. The molecular formula is C20H18N2S. The van der Waals surface area contributed by atoms with Crippen LogP contribution in [0.5, 0.6) is 0 Å². The molecule has 1 heterocycles. The van der Waals surface area contributed by atoms with Crippen LogP contribution in [0.25, 0.3) is 10.9 Å². The van der Waals surface area contributed by atoms with Gasteiger partial charge in [0, 0.05) is 11.1 Å². The number of aromatic nitrogens is 1. The molecule has 23 heavy (non-hydrogen) atoms. The zero-order valence-corrected chi connectivity index (χ0v) is 14.4. The lowest BCUT2D eigenvalue weighted by Gasteiger charge is -2.10. The highest BCUT2D eigenvalue weighted by molar-refractivity contribution is 7.98. The van der Waals surface area contributed by atoms with Crippen LogP contribution in [-0.2, 0) is 5.75 Å². The quantitative estimate of drug-likeness (QED) is 0.613. The molecule has 0 saturated heterocycles. The third-order valence-electron chi connectivity index (χ3n) is 3.90. The molecule has 0 N–H and O–H groups in total. The third-order valence-corrected chi connectivity index (χ3v) is 4.88. The van der Waals surface area contributed by atoms with E-state index in [9.17, 15) is 0 Å². The molecule has 0 aliphatic rings. The SMILES string of the molecule is Cc1cc(C)c2nc(SCc3ccc(C#N)cc3)cc(C)c2c1. The number of aryl methyl sites for hydroxylation is 3. The summed E-state index contributed by atoms with van der Waals surface area (Å²) in [7, 11) is 0.